The van der Waals surface area contributed by atoms with Crippen molar-refractivity contribution in [1.29, 1.82) is 0 Å². The van der Waals surface area contributed by atoms with Crippen molar-refractivity contribution in [1.82, 2.24) is 129 Å². The van der Waals surface area contributed by atoms with E-state index in [2.05, 4.69) is 65.8 Å². The highest BCUT2D eigenvalue weighted by molar-refractivity contribution is 6.06. The fourth-order valence-corrected chi connectivity index (χ4v) is 17.6. The first kappa shape index (κ1) is 88.1. The molecule has 9 fully saturated rings. The Balaban J connectivity index is 0.000000148. The summed E-state index contributed by atoms with van der Waals surface area (Å²) in [7, 11) is 6.47. The van der Waals surface area contributed by atoms with Gasteiger partial charge in [-0.2, -0.15) is 20.4 Å². The van der Waals surface area contributed by atoms with Gasteiger partial charge in [0.05, 0.1) is 94.5 Å². The van der Waals surface area contributed by atoms with E-state index in [1.165, 1.54) is 82.4 Å². The first-order valence-electron chi connectivity index (χ1n) is 40.1. The molecule has 0 aliphatic carbocycles. The monoisotopic (exact) mass is 1680 g/mol. The van der Waals surface area contributed by atoms with Crippen molar-refractivity contribution >= 4 is 82.3 Å². The number of carbonyl (C=O) groups excluding carboxylic acids is 14. The smallest absolute Gasteiger partial charge is 0.292 e. The molecule has 9 aliphatic heterocycles. The van der Waals surface area contributed by atoms with Gasteiger partial charge >= 0.3 is 0 Å². The lowest BCUT2D eigenvalue weighted by atomic mass is 9.84. The Morgan fingerprint density at radius 2 is 0.802 bits per heavy atom. The number of aromatic nitrogens is 16. The maximum atomic E-state index is 13.1. The third-order valence-corrected chi connectivity index (χ3v) is 24.1. The van der Waals surface area contributed by atoms with Gasteiger partial charge in [-0.25, -0.2) is 48.6 Å². The second kappa shape index (κ2) is 36.4. The van der Waals surface area contributed by atoms with Crippen LogP contribution >= 0.6 is 0 Å². The number of likely N-dealkylation sites (tertiary alicyclic amines) is 9. The van der Waals surface area contributed by atoms with Crippen molar-refractivity contribution in [2.75, 3.05) is 91.6 Å². The molecule has 0 aromatic carbocycles. The molecule has 0 saturated carbocycles. The van der Waals surface area contributed by atoms with Crippen molar-refractivity contribution in [3.63, 3.8) is 0 Å². The van der Waals surface area contributed by atoms with E-state index in [9.17, 15) is 87.5 Å². The first-order chi connectivity index (χ1) is 57.6. The van der Waals surface area contributed by atoms with Crippen LogP contribution in [0.2, 0.25) is 0 Å². The molecule has 9 saturated heterocycles. The van der Waals surface area contributed by atoms with Gasteiger partial charge in [0.2, 0.25) is 53.3 Å². The van der Waals surface area contributed by atoms with Gasteiger partial charge in [0.15, 0.2) is 17.3 Å². The number of carbonyl (C=O) groups is 14. The molecule has 4 unspecified atom stereocenters. The van der Waals surface area contributed by atoms with Gasteiger partial charge in [-0.3, -0.25) is 67.1 Å². The maximum Gasteiger partial charge on any atom is 0.292 e. The van der Waals surface area contributed by atoms with E-state index >= 15 is 0 Å². The zero-order valence-electron chi connectivity index (χ0n) is 68.5. The van der Waals surface area contributed by atoms with Gasteiger partial charge in [-0.05, 0) is 98.0 Å². The molecular weight excluding hydrogens is 1580 g/mol. The number of aliphatic hydroxyl groups excluding tert-OH is 4. The Morgan fingerprint density at radius 1 is 0.455 bits per heavy atom. The van der Waals surface area contributed by atoms with Gasteiger partial charge in [0.25, 0.3) is 47.3 Å². The normalized spacial score (nSPS) is 23.4. The van der Waals surface area contributed by atoms with E-state index in [0.717, 1.165) is 19.2 Å². The average molecular weight is 1680 g/mol. The molecule has 650 valence electrons. The third kappa shape index (κ3) is 17.6. The molecule has 15 heterocycles. The SMILES string of the molecule is C[C@@H](O)[C@H](CC(=O)CN1CC2(CCCN2C(=O)c2ncnn2C)C1=O)C(=O)N1CCCC1.C[C@@H](O)[C@H](CC(=O)CN1CC2(CCCN2C(=O)c2ncnn2C)C1=O)c1ncccn1.C[C@@H](O)[C@H](CC(=O)CN1CC2(CCCN2C(=O)c2ncnn2C)C1=O)c1nnco1.C[C@@H](O)[C@H](NC(=O)CN1CC2(CCCN2C(=O)c2ncnn2C)C1=O)C(N)=O. The van der Waals surface area contributed by atoms with E-state index in [1.54, 1.807) is 80.1 Å². The summed E-state index contributed by atoms with van der Waals surface area (Å²) in [6.07, 6.45) is 12.4. The van der Waals surface area contributed by atoms with Crippen LogP contribution in [0.5, 0.6) is 0 Å². The molecule has 46 nitrogen and oxygen atoms in total. The minimum atomic E-state index is -1.24. The minimum Gasteiger partial charge on any atom is -0.428 e. The summed E-state index contributed by atoms with van der Waals surface area (Å²) in [6.45, 7) is 9.59. The van der Waals surface area contributed by atoms with Crippen LogP contribution in [-0.4, -0.2) is 370 Å². The molecule has 11 amide bonds. The van der Waals surface area contributed by atoms with Crippen LogP contribution in [0, 0.1) is 5.92 Å². The number of aliphatic hydroxyl groups is 4. The number of nitrogens with one attached hydrogen (secondary N) is 1. The highest BCUT2D eigenvalue weighted by atomic mass is 16.4. The minimum absolute atomic E-state index is 0.0278. The lowest BCUT2D eigenvalue weighted by Gasteiger charge is -2.50. The lowest BCUT2D eigenvalue weighted by molar-refractivity contribution is -0.161. The van der Waals surface area contributed by atoms with Crippen molar-refractivity contribution in [3.05, 3.63) is 85.2 Å². The molecule has 7 N–H and O–H groups in total. The summed E-state index contributed by atoms with van der Waals surface area (Å²) >= 11 is 0. The number of Topliss-reactive ketones (excluding diaryl/α,β-unsaturated/α-hetero) is 3. The van der Waals surface area contributed by atoms with E-state index in [4.69, 9.17) is 10.2 Å². The summed E-state index contributed by atoms with van der Waals surface area (Å²) in [6, 6.07) is 0.427. The standard InChI is InChI=1S/C21H30N6O5.C20H25N7O4.C18H23N7O5.C16H23N7O5/c1-14(28)16(18(30)25-7-3-4-8-25)10-15(29)11-26-12-21(20(26)32)6-5-9-27(21)19(31)17-22-13-23-24(17)2;1-13(28)15(16-21-6-4-7-22-16)9-14(29)10-26-11-20(19(26)31)5-3-8-27(20)18(30)17-23-12-24-25(17)2;1-11(26)13(15-22-20-10-30-15)6-12(27)7-24-8-18(17(24)29)4-3-5-25(18)16(28)14-19-9-21-23(14)2;1-9(24)11(12(17)26)20-10(25)6-22-7-16(15(22)28)4-3-5-23(16)14(27)13-18-8-19-21(13)2/h13-14,16,28H,3-12H2,1-2H3;4,6-7,12-13,15,28H,3,5,8-11H2,1-2H3;9-11,13,26H,3-8H2,1-2H3;8-9,11,24H,3-7H2,1-2H3,(H2,17,26)(H,20,25)/t14-,16+,21?;13-,15+,20?;11-,13+,18?;9-,11+,16?/m1111/s1. The van der Waals surface area contributed by atoms with Crippen LogP contribution in [0.1, 0.15) is 177 Å². The predicted molar refractivity (Wildman–Crippen MR) is 410 cm³/mol. The highest BCUT2D eigenvalue weighted by Crippen LogP contribution is 2.44. The topological polar surface area (TPSA) is 575 Å². The van der Waals surface area contributed by atoms with Crippen molar-refractivity contribution < 1.29 is 92.0 Å². The van der Waals surface area contributed by atoms with Crippen LogP contribution in [0.15, 0.2) is 54.6 Å². The third-order valence-electron chi connectivity index (χ3n) is 24.1. The van der Waals surface area contributed by atoms with Gasteiger partial charge in [-0.15, -0.1) is 10.2 Å². The number of nitrogens with two attached hydrogens (primary N) is 1. The molecule has 121 heavy (non-hydrogen) atoms. The maximum absolute atomic E-state index is 13.1. The summed E-state index contributed by atoms with van der Waals surface area (Å²) in [4.78, 5) is 215. The number of hydrogen-bond donors (Lipinski definition) is 6. The molecular formula is C75H101N27O19. The zero-order valence-corrected chi connectivity index (χ0v) is 68.5. The molecule has 0 bridgehead atoms. The molecule has 4 spiro atoms. The van der Waals surface area contributed by atoms with Crippen molar-refractivity contribution in [2.24, 2.45) is 39.8 Å². The molecule has 46 heteroatoms. The summed E-state index contributed by atoms with van der Waals surface area (Å²) < 4.78 is 10.6. The van der Waals surface area contributed by atoms with E-state index in [0.29, 0.717) is 110 Å². The number of β-lactam (4-membered cyclic amide) rings is 4. The number of nitrogens with zero attached hydrogens (tertiary/aromatic N) is 25. The van der Waals surface area contributed by atoms with E-state index < -0.39 is 82.2 Å². The van der Waals surface area contributed by atoms with Crippen LogP contribution in [0.25, 0.3) is 0 Å². The molecule has 12 atom stereocenters. The van der Waals surface area contributed by atoms with Crippen molar-refractivity contribution in [2.45, 2.75) is 176 Å². The fourth-order valence-electron chi connectivity index (χ4n) is 17.6. The largest absolute Gasteiger partial charge is 0.428 e. The number of ketones is 3. The van der Waals surface area contributed by atoms with Gasteiger partial charge < -0.3 is 80.0 Å². The van der Waals surface area contributed by atoms with Crippen molar-refractivity contribution in [3.8, 4) is 0 Å². The van der Waals surface area contributed by atoms with Gasteiger partial charge in [-0.1, -0.05) is 0 Å². The Labute approximate surface area is 692 Å². The fraction of sp³-hybridized carbons (Fsp3) is 0.627. The average Bonchev–Trinajstić information content (AvgIpc) is 1.62. The van der Waals surface area contributed by atoms with Crippen LogP contribution in [-0.2, 0) is 76.1 Å². The number of amides is 11. The second-order valence-electron chi connectivity index (χ2n) is 32.2. The highest BCUT2D eigenvalue weighted by Gasteiger charge is 2.64. The number of hydrogen-bond acceptors (Lipinski definition) is 31. The summed E-state index contributed by atoms with van der Waals surface area (Å²) in [5.74, 6) is -5.51. The number of rotatable bonds is 27. The molecule has 15 rings (SSSR count). The van der Waals surface area contributed by atoms with Crippen LogP contribution in [0.3, 0.4) is 0 Å². The van der Waals surface area contributed by atoms with Gasteiger partial charge in [0.1, 0.15) is 59.3 Å². The second-order valence-corrected chi connectivity index (χ2v) is 32.2. The number of primary amides is 1. The quantitative estimate of drug-likeness (QED) is 0.0263. The zero-order chi connectivity index (χ0) is 87.3. The first-order valence-corrected chi connectivity index (χ1v) is 40.1. The summed E-state index contributed by atoms with van der Waals surface area (Å²) in [5.41, 5.74) is 1.41. The molecule has 0 radical (unpaired) electrons. The molecule has 9 aliphatic rings. The Hall–Kier alpha value is -12.2. The molecule has 6 aromatic rings. The summed E-state index contributed by atoms with van der Waals surface area (Å²) in [5, 5.41) is 64.9. The molecule has 6 aromatic heterocycles. The number of aryl methyl sites for hydroxylation is 4. The van der Waals surface area contributed by atoms with E-state index in [-0.39, 0.29) is 158 Å². The van der Waals surface area contributed by atoms with E-state index in [1.807, 2.05) is 0 Å². The Bertz CT molecular complexity index is 4890. The van der Waals surface area contributed by atoms with Gasteiger partial charge in [0, 0.05) is 99.1 Å². The predicted octanol–water partition coefficient (Wildman–Crippen LogP) is -5.12. The Morgan fingerprint density at radius 3 is 1.10 bits per heavy atom. The van der Waals surface area contributed by atoms with Crippen LogP contribution < -0.4 is 11.1 Å². The van der Waals surface area contributed by atoms with Crippen LogP contribution in [0.4, 0.5) is 0 Å². The lowest BCUT2D eigenvalue weighted by Crippen LogP contribution is -2.74. The Kier molecular flexibility index (Phi) is 26.5.